The van der Waals surface area contributed by atoms with E-state index in [9.17, 15) is 4.79 Å². The van der Waals surface area contributed by atoms with Crippen molar-refractivity contribution in [2.75, 3.05) is 6.54 Å². The molecule has 0 aliphatic carbocycles. The molecule has 2 N–H and O–H groups in total. The summed E-state index contributed by atoms with van der Waals surface area (Å²) in [6.07, 6.45) is 2.24. The van der Waals surface area contributed by atoms with Crippen LogP contribution in [0.4, 0.5) is 0 Å². The van der Waals surface area contributed by atoms with Crippen molar-refractivity contribution in [3.8, 4) is 0 Å². The number of hydrogen-bond acceptors (Lipinski definition) is 3. The molecule has 0 aliphatic heterocycles. The van der Waals surface area contributed by atoms with Crippen LogP contribution >= 0.6 is 31.9 Å². The lowest BCUT2D eigenvalue weighted by Crippen LogP contribution is -2.32. The van der Waals surface area contributed by atoms with Gasteiger partial charge in [-0.2, -0.15) is 0 Å². The molecule has 0 aromatic carbocycles. The molecular formula is C12H17Br2N3O. The molecule has 0 fully saturated rings. The molecule has 6 heteroatoms. The molecule has 1 aromatic rings. The van der Waals surface area contributed by atoms with Gasteiger partial charge >= 0.3 is 0 Å². The van der Waals surface area contributed by atoms with E-state index < -0.39 is 0 Å². The van der Waals surface area contributed by atoms with Gasteiger partial charge < -0.3 is 10.6 Å². The predicted octanol–water partition coefficient (Wildman–Crippen LogP) is 2.61. The van der Waals surface area contributed by atoms with Crippen LogP contribution in [0.2, 0.25) is 0 Å². The Bertz CT molecular complexity index is 410. The molecule has 1 aromatic heterocycles. The van der Waals surface area contributed by atoms with E-state index >= 15 is 0 Å². The zero-order valence-corrected chi connectivity index (χ0v) is 13.6. The van der Waals surface area contributed by atoms with Crippen molar-refractivity contribution in [3.05, 3.63) is 26.9 Å². The average Bonchev–Trinajstić information content (AvgIpc) is 2.25. The maximum absolute atomic E-state index is 11.4. The Balaban J connectivity index is 2.27. The van der Waals surface area contributed by atoms with E-state index in [1.807, 2.05) is 19.9 Å². The lowest BCUT2D eigenvalue weighted by molar-refractivity contribution is -0.121. The normalized spacial score (nSPS) is 10.7. The van der Waals surface area contributed by atoms with Crippen molar-refractivity contribution in [1.29, 1.82) is 0 Å². The van der Waals surface area contributed by atoms with Gasteiger partial charge in [-0.25, -0.2) is 0 Å². The molecule has 0 bridgehead atoms. The second kappa shape index (κ2) is 7.86. The standard InChI is InChI=1S/C12H17Br2N3O/c1-8(2)17-12(18)3-4-15-7-11-10(14)5-9(13)6-16-11/h5-6,8,15H,3-4,7H2,1-2H3,(H,17,18). The minimum atomic E-state index is 0.0698. The predicted molar refractivity (Wildman–Crippen MR) is 79.2 cm³/mol. The smallest absolute Gasteiger partial charge is 0.221 e. The third-order valence-corrected chi connectivity index (χ3v) is 3.28. The lowest BCUT2D eigenvalue weighted by Gasteiger charge is -2.09. The minimum absolute atomic E-state index is 0.0698. The highest BCUT2D eigenvalue weighted by Crippen LogP contribution is 2.19. The highest BCUT2D eigenvalue weighted by Gasteiger charge is 2.04. The van der Waals surface area contributed by atoms with Crippen LogP contribution in [0.25, 0.3) is 0 Å². The molecule has 0 aliphatic rings. The summed E-state index contributed by atoms with van der Waals surface area (Å²) in [5, 5.41) is 6.05. The Hall–Kier alpha value is -0.460. The minimum Gasteiger partial charge on any atom is -0.354 e. The van der Waals surface area contributed by atoms with E-state index in [1.54, 1.807) is 6.20 Å². The number of rotatable bonds is 6. The molecule has 1 amide bonds. The molecule has 0 unspecified atom stereocenters. The number of pyridine rings is 1. The fraction of sp³-hybridized carbons (Fsp3) is 0.500. The number of carbonyl (C=O) groups excluding carboxylic acids is 1. The van der Waals surface area contributed by atoms with Crippen molar-refractivity contribution >= 4 is 37.8 Å². The summed E-state index contributed by atoms with van der Waals surface area (Å²) in [4.78, 5) is 15.7. The third kappa shape index (κ3) is 5.93. The molecular weight excluding hydrogens is 362 g/mol. The zero-order valence-electron chi connectivity index (χ0n) is 10.5. The van der Waals surface area contributed by atoms with Crippen molar-refractivity contribution in [1.82, 2.24) is 15.6 Å². The van der Waals surface area contributed by atoms with Gasteiger partial charge in [-0.15, -0.1) is 0 Å². The Morgan fingerprint density at radius 2 is 2.17 bits per heavy atom. The Kier molecular flexibility index (Phi) is 6.81. The average molecular weight is 379 g/mol. The molecule has 0 spiro atoms. The first kappa shape index (κ1) is 15.6. The van der Waals surface area contributed by atoms with Gasteiger partial charge in [0.1, 0.15) is 0 Å². The molecule has 0 saturated carbocycles. The summed E-state index contributed by atoms with van der Waals surface area (Å²) < 4.78 is 1.89. The Morgan fingerprint density at radius 1 is 1.44 bits per heavy atom. The zero-order chi connectivity index (χ0) is 13.5. The monoisotopic (exact) mass is 377 g/mol. The van der Waals surface area contributed by atoms with Gasteiger partial charge in [-0.3, -0.25) is 9.78 Å². The molecule has 0 saturated heterocycles. The van der Waals surface area contributed by atoms with Gasteiger partial charge in [0.2, 0.25) is 5.91 Å². The highest BCUT2D eigenvalue weighted by molar-refractivity contribution is 9.11. The molecule has 0 radical (unpaired) electrons. The van der Waals surface area contributed by atoms with Gasteiger partial charge in [0.25, 0.3) is 0 Å². The number of carbonyl (C=O) groups is 1. The number of aromatic nitrogens is 1. The first-order chi connectivity index (χ1) is 8.49. The summed E-state index contributed by atoms with van der Waals surface area (Å²) in [7, 11) is 0. The van der Waals surface area contributed by atoms with Crippen LogP contribution in [-0.4, -0.2) is 23.5 Å². The van der Waals surface area contributed by atoms with Crippen molar-refractivity contribution in [2.45, 2.75) is 32.9 Å². The number of nitrogens with zero attached hydrogens (tertiary/aromatic N) is 1. The fourth-order valence-electron chi connectivity index (χ4n) is 1.38. The summed E-state index contributed by atoms with van der Waals surface area (Å²) in [5.74, 6) is 0.0698. The Labute approximate surface area is 124 Å². The van der Waals surface area contributed by atoms with E-state index in [-0.39, 0.29) is 11.9 Å². The van der Waals surface area contributed by atoms with Crippen LogP contribution in [0.15, 0.2) is 21.2 Å². The summed E-state index contributed by atoms with van der Waals surface area (Å²) in [5.41, 5.74) is 0.933. The number of amides is 1. The molecule has 1 heterocycles. The number of hydrogen-bond donors (Lipinski definition) is 2. The summed E-state index contributed by atoms with van der Waals surface area (Å²) >= 11 is 6.80. The van der Waals surface area contributed by atoms with Crippen LogP contribution in [0, 0.1) is 0 Å². The van der Waals surface area contributed by atoms with Crippen molar-refractivity contribution in [2.24, 2.45) is 0 Å². The van der Waals surface area contributed by atoms with Gasteiger partial charge in [-0.05, 0) is 51.8 Å². The Morgan fingerprint density at radius 3 is 2.78 bits per heavy atom. The van der Waals surface area contributed by atoms with E-state index in [1.165, 1.54) is 0 Å². The quantitative estimate of drug-likeness (QED) is 0.748. The second-order valence-electron chi connectivity index (χ2n) is 4.23. The van der Waals surface area contributed by atoms with E-state index in [0.29, 0.717) is 19.5 Å². The lowest BCUT2D eigenvalue weighted by atomic mass is 10.3. The van der Waals surface area contributed by atoms with Crippen LogP contribution in [0.5, 0.6) is 0 Å². The highest BCUT2D eigenvalue weighted by atomic mass is 79.9. The maximum atomic E-state index is 11.4. The van der Waals surface area contributed by atoms with E-state index in [4.69, 9.17) is 0 Å². The van der Waals surface area contributed by atoms with Crippen LogP contribution in [0.1, 0.15) is 26.0 Å². The topological polar surface area (TPSA) is 54.0 Å². The van der Waals surface area contributed by atoms with Gasteiger partial charge in [0.15, 0.2) is 0 Å². The second-order valence-corrected chi connectivity index (χ2v) is 6.00. The van der Waals surface area contributed by atoms with Gasteiger partial charge in [0, 0.05) is 40.7 Å². The van der Waals surface area contributed by atoms with Gasteiger partial charge in [0.05, 0.1) is 5.69 Å². The maximum Gasteiger partial charge on any atom is 0.221 e. The summed E-state index contributed by atoms with van der Waals surface area (Å²) in [6, 6.07) is 2.15. The first-order valence-corrected chi connectivity index (χ1v) is 7.37. The van der Waals surface area contributed by atoms with Crippen LogP contribution < -0.4 is 10.6 Å². The van der Waals surface area contributed by atoms with Crippen LogP contribution in [0.3, 0.4) is 0 Å². The van der Waals surface area contributed by atoms with Gasteiger partial charge in [-0.1, -0.05) is 0 Å². The molecule has 100 valence electrons. The number of halogens is 2. The SMILES string of the molecule is CC(C)NC(=O)CCNCc1ncc(Br)cc1Br. The largest absolute Gasteiger partial charge is 0.354 e. The fourth-order valence-corrected chi connectivity index (χ4v) is 2.50. The first-order valence-electron chi connectivity index (χ1n) is 5.79. The van der Waals surface area contributed by atoms with Crippen molar-refractivity contribution in [3.63, 3.8) is 0 Å². The molecule has 0 atom stereocenters. The summed E-state index contributed by atoms with van der Waals surface area (Å²) in [6.45, 7) is 5.19. The molecule has 18 heavy (non-hydrogen) atoms. The van der Waals surface area contributed by atoms with E-state index in [2.05, 4.69) is 47.5 Å². The third-order valence-electron chi connectivity index (χ3n) is 2.15. The van der Waals surface area contributed by atoms with Crippen molar-refractivity contribution < 1.29 is 4.79 Å². The molecule has 4 nitrogen and oxygen atoms in total. The molecule has 1 rings (SSSR count). The van der Waals surface area contributed by atoms with E-state index in [0.717, 1.165) is 14.6 Å². The number of nitrogens with one attached hydrogen (secondary N) is 2. The van der Waals surface area contributed by atoms with Crippen LogP contribution in [-0.2, 0) is 11.3 Å².